The number of carbonyl (C=O) groups is 1. The SMILES string of the molecule is C=CCn1c(=NC(=O)c2ccccc2OCC)sc2cc(S(N)(=O)=O)ccc21. The Hall–Kier alpha value is -2.75. The number of primary sulfonamides is 1. The zero-order valence-electron chi connectivity index (χ0n) is 15.2. The molecule has 0 radical (unpaired) electrons. The lowest BCUT2D eigenvalue weighted by atomic mass is 10.2. The fourth-order valence-corrected chi connectivity index (χ4v) is 4.38. The Morgan fingerprint density at radius 3 is 2.75 bits per heavy atom. The number of thiazole rings is 1. The summed E-state index contributed by atoms with van der Waals surface area (Å²) < 4.78 is 31.2. The number of hydrogen-bond donors (Lipinski definition) is 1. The van der Waals surface area contributed by atoms with Crippen LogP contribution in [0.5, 0.6) is 5.75 Å². The number of allylic oxidation sites excluding steroid dienone is 1. The van der Waals surface area contributed by atoms with E-state index < -0.39 is 15.9 Å². The molecular weight excluding hydrogens is 398 g/mol. The topological polar surface area (TPSA) is 104 Å². The smallest absolute Gasteiger partial charge is 0.283 e. The van der Waals surface area contributed by atoms with Crippen LogP contribution in [0.2, 0.25) is 0 Å². The third-order valence-corrected chi connectivity index (χ3v) is 5.86. The van der Waals surface area contributed by atoms with Crippen molar-refractivity contribution in [3.63, 3.8) is 0 Å². The molecule has 7 nitrogen and oxygen atoms in total. The van der Waals surface area contributed by atoms with Crippen molar-refractivity contribution < 1.29 is 17.9 Å². The predicted octanol–water partition coefficient (Wildman–Crippen LogP) is 2.68. The van der Waals surface area contributed by atoms with Gasteiger partial charge in [0.25, 0.3) is 5.91 Å². The second kappa shape index (κ2) is 8.09. The molecule has 0 aliphatic carbocycles. The molecule has 0 fully saturated rings. The Morgan fingerprint density at radius 1 is 1.32 bits per heavy atom. The average molecular weight is 418 g/mol. The second-order valence-electron chi connectivity index (χ2n) is 5.80. The van der Waals surface area contributed by atoms with Gasteiger partial charge in [0.1, 0.15) is 5.75 Å². The van der Waals surface area contributed by atoms with Gasteiger partial charge >= 0.3 is 0 Å². The van der Waals surface area contributed by atoms with Crippen molar-refractivity contribution in [3.8, 4) is 5.75 Å². The first kappa shape index (κ1) is 20.0. The van der Waals surface area contributed by atoms with Crippen molar-refractivity contribution in [2.24, 2.45) is 10.1 Å². The Balaban J connectivity index is 2.17. The van der Waals surface area contributed by atoms with E-state index in [1.54, 1.807) is 41.0 Å². The zero-order valence-corrected chi connectivity index (χ0v) is 16.8. The molecule has 9 heteroatoms. The minimum Gasteiger partial charge on any atom is -0.493 e. The van der Waals surface area contributed by atoms with Crippen molar-refractivity contribution in [2.45, 2.75) is 18.4 Å². The van der Waals surface area contributed by atoms with E-state index in [1.807, 2.05) is 6.92 Å². The highest BCUT2D eigenvalue weighted by molar-refractivity contribution is 7.89. The van der Waals surface area contributed by atoms with Gasteiger partial charge in [-0.25, -0.2) is 13.6 Å². The number of rotatable bonds is 6. The number of nitrogens with zero attached hydrogens (tertiary/aromatic N) is 2. The lowest BCUT2D eigenvalue weighted by molar-refractivity contribution is 0.0994. The number of ether oxygens (including phenoxy) is 1. The Kier molecular flexibility index (Phi) is 5.78. The van der Waals surface area contributed by atoms with Gasteiger partial charge in [0, 0.05) is 6.54 Å². The first-order chi connectivity index (χ1) is 13.3. The van der Waals surface area contributed by atoms with Gasteiger partial charge in [0.2, 0.25) is 10.0 Å². The highest BCUT2D eigenvalue weighted by Gasteiger charge is 2.15. The van der Waals surface area contributed by atoms with Crippen LogP contribution in [0.4, 0.5) is 0 Å². The quantitative estimate of drug-likeness (QED) is 0.623. The third-order valence-electron chi connectivity index (χ3n) is 3.91. The molecule has 0 atom stereocenters. The summed E-state index contributed by atoms with van der Waals surface area (Å²) >= 11 is 1.20. The fraction of sp³-hybridized carbons (Fsp3) is 0.158. The van der Waals surface area contributed by atoms with Crippen molar-refractivity contribution in [2.75, 3.05) is 6.61 Å². The van der Waals surface area contributed by atoms with Gasteiger partial charge in [-0.1, -0.05) is 29.5 Å². The van der Waals surface area contributed by atoms with Crippen LogP contribution in [0.1, 0.15) is 17.3 Å². The minimum absolute atomic E-state index is 0.00608. The van der Waals surface area contributed by atoms with Gasteiger partial charge in [0.15, 0.2) is 4.80 Å². The van der Waals surface area contributed by atoms with Crippen LogP contribution in [-0.4, -0.2) is 25.5 Å². The van der Waals surface area contributed by atoms with Crippen LogP contribution in [0, 0.1) is 0 Å². The van der Waals surface area contributed by atoms with E-state index in [4.69, 9.17) is 9.88 Å². The number of amides is 1. The second-order valence-corrected chi connectivity index (χ2v) is 8.38. The maximum atomic E-state index is 12.8. The number of hydrogen-bond acceptors (Lipinski definition) is 5. The maximum absolute atomic E-state index is 12.8. The van der Waals surface area contributed by atoms with Gasteiger partial charge in [-0.15, -0.1) is 6.58 Å². The number of nitrogens with two attached hydrogens (primary N) is 1. The summed E-state index contributed by atoms with van der Waals surface area (Å²) in [5.41, 5.74) is 1.10. The standard InChI is InChI=1S/C19H19N3O4S2/c1-3-11-22-15-10-9-13(28(20,24)25)12-17(15)27-19(22)21-18(23)14-7-5-6-8-16(14)26-4-2/h3,5-10,12H,1,4,11H2,2H3,(H2,20,24,25). The molecule has 2 aromatic carbocycles. The molecule has 0 saturated carbocycles. The fourth-order valence-electron chi connectivity index (χ4n) is 2.69. The Bertz CT molecular complexity index is 1220. The van der Waals surface area contributed by atoms with E-state index in [0.29, 0.717) is 34.0 Å². The molecule has 0 saturated heterocycles. The summed E-state index contributed by atoms with van der Waals surface area (Å²) in [4.78, 5) is 17.5. The lowest BCUT2D eigenvalue weighted by Crippen LogP contribution is -2.16. The summed E-state index contributed by atoms with van der Waals surface area (Å²) in [7, 11) is -3.82. The van der Waals surface area contributed by atoms with Gasteiger partial charge in [-0.3, -0.25) is 4.79 Å². The molecular formula is C19H19N3O4S2. The van der Waals surface area contributed by atoms with Crippen molar-refractivity contribution in [3.05, 3.63) is 65.5 Å². The van der Waals surface area contributed by atoms with Crippen LogP contribution >= 0.6 is 11.3 Å². The molecule has 0 bridgehead atoms. The van der Waals surface area contributed by atoms with Crippen LogP contribution in [0.15, 0.2) is 65.0 Å². The molecule has 0 aliphatic rings. The summed E-state index contributed by atoms with van der Waals surface area (Å²) in [6, 6.07) is 11.5. The molecule has 28 heavy (non-hydrogen) atoms. The van der Waals surface area contributed by atoms with Gasteiger partial charge in [-0.2, -0.15) is 4.99 Å². The molecule has 3 rings (SSSR count). The number of sulfonamides is 1. The number of fused-ring (bicyclic) bond motifs is 1. The molecule has 146 valence electrons. The van der Waals surface area contributed by atoms with Crippen LogP contribution < -0.4 is 14.7 Å². The highest BCUT2D eigenvalue weighted by Crippen LogP contribution is 2.22. The predicted molar refractivity (Wildman–Crippen MR) is 109 cm³/mol. The van der Waals surface area contributed by atoms with E-state index in [2.05, 4.69) is 11.6 Å². The third kappa shape index (κ3) is 4.06. The van der Waals surface area contributed by atoms with E-state index in [1.165, 1.54) is 23.5 Å². The van der Waals surface area contributed by atoms with Gasteiger partial charge in [-0.05, 0) is 37.3 Å². The van der Waals surface area contributed by atoms with Crippen molar-refractivity contribution in [1.82, 2.24) is 4.57 Å². The molecule has 2 N–H and O–H groups in total. The summed E-state index contributed by atoms with van der Waals surface area (Å²) in [6.45, 7) is 6.42. The van der Waals surface area contributed by atoms with Crippen LogP contribution in [-0.2, 0) is 16.6 Å². The molecule has 0 spiro atoms. The molecule has 3 aromatic rings. The lowest BCUT2D eigenvalue weighted by Gasteiger charge is -2.06. The highest BCUT2D eigenvalue weighted by atomic mass is 32.2. The molecule has 0 aliphatic heterocycles. The summed E-state index contributed by atoms with van der Waals surface area (Å²) in [6.07, 6.45) is 1.68. The number of aromatic nitrogens is 1. The van der Waals surface area contributed by atoms with E-state index >= 15 is 0 Å². The van der Waals surface area contributed by atoms with Crippen molar-refractivity contribution >= 4 is 37.5 Å². The van der Waals surface area contributed by atoms with Crippen molar-refractivity contribution in [1.29, 1.82) is 0 Å². The maximum Gasteiger partial charge on any atom is 0.283 e. The van der Waals surface area contributed by atoms with E-state index in [0.717, 1.165) is 5.52 Å². The normalized spacial score (nSPS) is 12.3. The first-order valence-corrected chi connectivity index (χ1v) is 10.8. The molecule has 1 amide bonds. The number of carbonyl (C=O) groups excluding carboxylic acids is 1. The summed E-state index contributed by atoms with van der Waals surface area (Å²) in [5, 5.41) is 5.22. The largest absolute Gasteiger partial charge is 0.493 e. The van der Waals surface area contributed by atoms with Crippen LogP contribution in [0.25, 0.3) is 10.2 Å². The summed E-state index contributed by atoms with van der Waals surface area (Å²) in [5.74, 6) is 0.0201. The van der Waals surface area contributed by atoms with E-state index in [-0.39, 0.29) is 4.90 Å². The van der Waals surface area contributed by atoms with Gasteiger partial charge in [0.05, 0.1) is 27.3 Å². The Morgan fingerprint density at radius 2 is 2.07 bits per heavy atom. The number of benzene rings is 2. The minimum atomic E-state index is -3.82. The average Bonchev–Trinajstić information content (AvgIpc) is 2.98. The number of para-hydroxylation sites is 1. The molecule has 1 aromatic heterocycles. The zero-order chi connectivity index (χ0) is 20.3. The molecule has 1 heterocycles. The van der Waals surface area contributed by atoms with E-state index in [9.17, 15) is 13.2 Å². The first-order valence-electron chi connectivity index (χ1n) is 8.43. The molecule has 0 unspecified atom stereocenters. The van der Waals surface area contributed by atoms with Crippen LogP contribution in [0.3, 0.4) is 0 Å². The monoisotopic (exact) mass is 417 g/mol. The Labute approximate surface area is 166 Å². The van der Waals surface area contributed by atoms with Gasteiger partial charge < -0.3 is 9.30 Å².